The van der Waals surface area contributed by atoms with E-state index in [-0.39, 0.29) is 0 Å². The maximum Gasteiger partial charge on any atom is 0.150 e. The van der Waals surface area contributed by atoms with E-state index in [1.165, 1.54) is 5.39 Å². The summed E-state index contributed by atoms with van der Waals surface area (Å²) in [6.45, 7) is 0. The van der Waals surface area contributed by atoms with Crippen LogP contribution in [0.15, 0.2) is 22.4 Å². The molecule has 0 amide bonds. The van der Waals surface area contributed by atoms with Crippen LogP contribution in [-0.4, -0.2) is 6.29 Å². The largest absolute Gasteiger partial charge is 0.298 e. The van der Waals surface area contributed by atoms with Gasteiger partial charge in [0.25, 0.3) is 0 Å². The van der Waals surface area contributed by atoms with Crippen LogP contribution < -0.4 is 0 Å². The number of alkyl halides is 1. The first-order valence-electron chi connectivity index (χ1n) is 4.01. The minimum atomic E-state index is 0.724. The van der Waals surface area contributed by atoms with Crippen LogP contribution in [0.1, 0.15) is 15.9 Å². The zero-order chi connectivity index (χ0) is 10.1. The molecule has 1 aromatic carbocycles. The minimum absolute atomic E-state index is 0.724. The van der Waals surface area contributed by atoms with Crippen LogP contribution in [0.5, 0.6) is 0 Å². The summed E-state index contributed by atoms with van der Waals surface area (Å²) in [5, 5.41) is 1.94. The second-order valence-electron chi connectivity index (χ2n) is 2.93. The van der Waals surface area contributed by atoms with Crippen molar-refractivity contribution in [3.63, 3.8) is 0 Å². The highest BCUT2D eigenvalue weighted by Gasteiger charge is 2.06. The molecule has 0 bridgehead atoms. The normalized spacial score (nSPS) is 10.7. The highest BCUT2D eigenvalue weighted by Crippen LogP contribution is 2.32. The Labute approximate surface area is 99.7 Å². The third kappa shape index (κ3) is 1.74. The summed E-state index contributed by atoms with van der Waals surface area (Å²) in [7, 11) is 0. The van der Waals surface area contributed by atoms with Crippen molar-refractivity contribution < 1.29 is 4.79 Å². The van der Waals surface area contributed by atoms with Crippen molar-refractivity contribution >= 4 is 56.3 Å². The van der Waals surface area contributed by atoms with Gasteiger partial charge in [0.05, 0.1) is 4.21 Å². The molecule has 14 heavy (non-hydrogen) atoms. The monoisotopic (exact) mass is 286 g/mol. The fourth-order valence-corrected chi connectivity index (χ4v) is 3.19. The van der Waals surface area contributed by atoms with Gasteiger partial charge < -0.3 is 0 Å². The van der Waals surface area contributed by atoms with Crippen LogP contribution in [0.3, 0.4) is 0 Å². The lowest BCUT2D eigenvalue weighted by Crippen LogP contribution is -1.84. The van der Waals surface area contributed by atoms with Gasteiger partial charge in [0.1, 0.15) is 6.29 Å². The highest BCUT2D eigenvalue weighted by atomic mass is 79.9. The Morgan fingerprint density at radius 2 is 2.21 bits per heavy atom. The Bertz CT molecular complexity index is 490. The molecule has 0 radical (unpaired) electrons. The number of carbonyl (C=O) groups excluding carboxylic acids is 1. The fourth-order valence-electron chi connectivity index (χ4n) is 1.40. The smallest absolute Gasteiger partial charge is 0.150 e. The number of hydrogen-bond acceptors (Lipinski definition) is 3. The zero-order valence-corrected chi connectivity index (χ0v) is 10.5. The first-order chi connectivity index (χ1) is 6.74. The van der Waals surface area contributed by atoms with Crippen LogP contribution in [0, 0.1) is 0 Å². The molecule has 2 rings (SSSR count). The van der Waals surface area contributed by atoms with E-state index in [0.717, 1.165) is 31.7 Å². The molecular weight excluding hydrogens is 280 g/mol. The van der Waals surface area contributed by atoms with E-state index in [0.29, 0.717) is 0 Å². The summed E-state index contributed by atoms with van der Waals surface area (Å²) >= 11 is 9.32. The number of benzene rings is 1. The Morgan fingerprint density at radius 1 is 1.43 bits per heavy atom. The van der Waals surface area contributed by atoms with Crippen LogP contribution in [0.25, 0.3) is 10.1 Å². The van der Waals surface area contributed by atoms with Crippen molar-refractivity contribution in [2.75, 3.05) is 0 Å². The molecule has 0 aliphatic rings. The van der Waals surface area contributed by atoms with E-state index in [1.54, 1.807) is 11.3 Å². The van der Waals surface area contributed by atoms with E-state index in [1.807, 2.05) is 18.2 Å². The van der Waals surface area contributed by atoms with Gasteiger partial charge in [0.15, 0.2) is 0 Å². The molecule has 0 spiro atoms. The predicted octanol–water partition coefficient (Wildman–Crippen LogP) is 3.90. The lowest BCUT2D eigenvalue weighted by Gasteiger charge is -1.99. The summed E-state index contributed by atoms with van der Waals surface area (Å²) in [6, 6.07) is 5.84. The molecule has 0 saturated carbocycles. The SMILES string of the molecule is O=Cc1cc(CBr)c2cc(S)sc2c1. The molecule has 72 valence electrons. The van der Waals surface area contributed by atoms with Crippen molar-refractivity contribution in [1.82, 2.24) is 0 Å². The molecule has 1 aromatic heterocycles. The number of fused-ring (bicyclic) bond motifs is 1. The van der Waals surface area contributed by atoms with Gasteiger partial charge >= 0.3 is 0 Å². The molecule has 0 N–H and O–H groups in total. The van der Waals surface area contributed by atoms with E-state index in [2.05, 4.69) is 28.6 Å². The second kappa shape index (κ2) is 4.04. The molecule has 4 heteroatoms. The van der Waals surface area contributed by atoms with Gasteiger partial charge in [-0.2, -0.15) is 0 Å². The topological polar surface area (TPSA) is 17.1 Å². The van der Waals surface area contributed by atoms with Gasteiger partial charge in [-0.3, -0.25) is 4.79 Å². The second-order valence-corrected chi connectivity index (χ2v) is 5.36. The van der Waals surface area contributed by atoms with Crippen molar-refractivity contribution in [3.8, 4) is 0 Å². The minimum Gasteiger partial charge on any atom is -0.298 e. The van der Waals surface area contributed by atoms with Crippen LogP contribution in [0.4, 0.5) is 0 Å². The Balaban J connectivity index is 2.78. The average Bonchev–Trinajstić information content (AvgIpc) is 2.56. The van der Waals surface area contributed by atoms with Gasteiger partial charge in [0.2, 0.25) is 0 Å². The Morgan fingerprint density at radius 3 is 2.86 bits per heavy atom. The predicted molar refractivity (Wildman–Crippen MR) is 67.1 cm³/mol. The van der Waals surface area contributed by atoms with E-state index in [9.17, 15) is 4.79 Å². The quantitative estimate of drug-likeness (QED) is 0.503. The first-order valence-corrected chi connectivity index (χ1v) is 6.39. The van der Waals surface area contributed by atoms with E-state index < -0.39 is 0 Å². The lowest BCUT2D eigenvalue weighted by atomic mass is 10.1. The summed E-state index contributed by atoms with van der Waals surface area (Å²) in [5.74, 6) is 0. The van der Waals surface area contributed by atoms with Gasteiger partial charge in [-0.05, 0) is 29.1 Å². The Hall–Kier alpha value is -0.320. The molecule has 2 aromatic rings. The fraction of sp³-hybridized carbons (Fsp3) is 0.100. The van der Waals surface area contributed by atoms with Crippen LogP contribution in [-0.2, 0) is 5.33 Å². The summed E-state index contributed by atoms with van der Waals surface area (Å²) < 4.78 is 2.10. The number of hydrogen-bond donors (Lipinski definition) is 1. The third-order valence-corrected chi connectivity index (χ3v) is 3.90. The van der Waals surface area contributed by atoms with Gasteiger partial charge in [0, 0.05) is 15.6 Å². The molecule has 0 aliphatic carbocycles. The maximum atomic E-state index is 10.7. The molecule has 0 fully saturated rings. The van der Waals surface area contributed by atoms with Crippen molar-refractivity contribution in [1.29, 1.82) is 0 Å². The summed E-state index contributed by atoms with van der Waals surface area (Å²) in [5.41, 5.74) is 1.86. The first kappa shape index (κ1) is 10.2. The zero-order valence-electron chi connectivity index (χ0n) is 7.16. The van der Waals surface area contributed by atoms with Gasteiger partial charge in [-0.15, -0.1) is 24.0 Å². The summed E-state index contributed by atoms with van der Waals surface area (Å²) in [4.78, 5) is 10.7. The van der Waals surface area contributed by atoms with Gasteiger partial charge in [-0.25, -0.2) is 0 Å². The number of aldehydes is 1. The lowest BCUT2D eigenvalue weighted by molar-refractivity contribution is 0.112. The molecule has 0 aliphatic heterocycles. The summed E-state index contributed by atoms with van der Waals surface area (Å²) in [6.07, 6.45) is 0.878. The molecule has 0 saturated heterocycles. The van der Waals surface area contributed by atoms with Crippen LogP contribution in [0.2, 0.25) is 0 Å². The number of rotatable bonds is 2. The average molecular weight is 287 g/mol. The highest BCUT2D eigenvalue weighted by molar-refractivity contribution is 9.08. The molecule has 1 heterocycles. The van der Waals surface area contributed by atoms with Crippen LogP contribution >= 0.6 is 39.9 Å². The number of halogens is 1. The van der Waals surface area contributed by atoms with Crippen molar-refractivity contribution in [3.05, 3.63) is 29.3 Å². The molecule has 1 nitrogen and oxygen atoms in total. The third-order valence-electron chi connectivity index (χ3n) is 2.01. The van der Waals surface area contributed by atoms with Gasteiger partial charge in [-0.1, -0.05) is 15.9 Å². The number of carbonyl (C=O) groups is 1. The van der Waals surface area contributed by atoms with Crippen molar-refractivity contribution in [2.24, 2.45) is 0 Å². The Kier molecular flexibility index (Phi) is 2.95. The standard InChI is InChI=1S/C10H7BrOS2/c11-4-7-1-6(5-12)2-9-8(7)3-10(13)14-9/h1-3,5,13H,4H2. The molecular formula is C10H7BrOS2. The number of thiol groups is 1. The molecule has 0 atom stereocenters. The van der Waals surface area contributed by atoms with E-state index in [4.69, 9.17) is 0 Å². The van der Waals surface area contributed by atoms with Crippen molar-refractivity contribution in [2.45, 2.75) is 9.54 Å². The maximum absolute atomic E-state index is 10.7. The van der Waals surface area contributed by atoms with E-state index >= 15 is 0 Å². The number of thiophene rings is 1. The molecule has 0 unspecified atom stereocenters.